The van der Waals surface area contributed by atoms with Crippen LogP contribution in [-0.4, -0.2) is 16.5 Å². The van der Waals surface area contributed by atoms with Gasteiger partial charge in [0.1, 0.15) is 10.6 Å². The highest BCUT2D eigenvalue weighted by Crippen LogP contribution is 2.43. The highest BCUT2D eigenvalue weighted by atomic mass is 35.5. The van der Waals surface area contributed by atoms with Gasteiger partial charge in [0.05, 0.1) is 5.39 Å². The predicted molar refractivity (Wildman–Crippen MR) is 114 cm³/mol. The van der Waals surface area contributed by atoms with Crippen LogP contribution in [0.1, 0.15) is 16.0 Å². The van der Waals surface area contributed by atoms with Crippen molar-refractivity contribution >= 4 is 39.0 Å². The Morgan fingerprint density at radius 2 is 1.70 bits per heavy atom. The molecular weight excluding hydrogens is 374 g/mol. The average Bonchev–Trinajstić information content (AvgIpc) is 3.03. The molecule has 0 atom stereocenters. The van der Waals surface area contributed by atoms with E-state index >= 15 is 0 Å². The van der Waals surface area contributed by atoms with Crippen LogP contribution in [0.2, 0.25) is 5.28 Å². The lowest BCUT2D eigenvalue weighted by molar-refractivity contribution is 0.723. The highest BCUT2D eigenvalue weighted by Gasteiger charge is 2.24. The molecular formula is C22H18ClN3S. The fraction of sp³-hybridized carbons (Fsp3) is 0.182. The summed E-state index contributed by atoms with van der Waals surface area (Å²) in [6, 6.07) is 19.1. The molecule has 0 saturated carbocycles. The van der Waals surface area contributed by atoms with Gasteiger partial charge < -0.3 is 4.90 Å². The van der Waals surface area contributed by atoms with Crippen LogP contribution in [0.5, 0.6) is 0 Å². The molecule has 0 aliphatic carbocycles. The summed E-state index contributed by atoms with van der Waals surface area (Å²) in [6.45, 7) is 3.93. The fourth-order valence-electron chi connectivity index (χ4n) is 3.93. The van der Waals surface area contributed by atoms with Gasteiger partial charge in [0.2, 0.25) is 5.28 Å². The number of aromatic nitrogens is 2. The molecule has 0 N–H and O–H groups in total. The first-order valence-electron chi connectivity index (χ1n) is 9.04. The van der Waals surface area contributed by atoms with Gasteiger partial charge in [0.15, 0.2) is 0 Å². The minimum atomic E-state index is 0.317. The predicted octanol–water partition coefficient (Wildman–Crippen LogP) is 5.88. The monoisotopic (exact) mass is 391 g/mol. The third-order valence-electron chi connectivity index (χ3n) is 5.17. The van der Waals surface area contributed by atoms with Crippen molar-refractivity contribution in [3.63, 3.8) is 0 Å². The van der Waals surface area contributed by atoms with E-state index in [4.69, 9.17) is 11.6 Å². The Bertz CT molecular complexity index is 1140. The van der Waals surface area contributed by atoms with Gasteiger partial charge in [-0.2, -0.15) is 4.98 Å². The Hall–Kier alpha value is -2.43. The first kappa shape index (κ1) is 16.7. The Balaban J connectivity index is 1.71. The van der Waals surface area contributed by atoms with E-state index in [0.29, 0.717) is 5.28 Å². The average molecular weight is 392 g/mol. The molecule has 134 valence electrons. The molecule has 1 aliphatic rings. The van der Waals surface area contributed by atoms with Gasteiger partial charge in [-0.05, 0) is 41.6 Å². The van der Waals surface area contributed by atoms with Crippen molar-refractivity contribution in [2.24, 2.45) is 0 Å². The molecule has 3 nitrogen and oxygen atoms in total. The normalized spacial score (nSPS) is 13.8. The van der Waals surface area contributed by atoms with Crippen molar-refractivity contribution in [3.8, 4) is 11.1 Å². The molecule has 0 unspecified atom stereocenters. The molecule has 0 amide bonds. The number of aryl methyl sites for hydroxylation is 1. The molecule has 5 heteroatoms. The van der Waals surface area contributed by atoms with Crippen molar-refractivity contribution in [3.05, 3.63) is 75.9 Å². The largest absolute Gasteiger partial charge is 0.351 e. The van der Waals surface area contributed by atoms with Crippen LogP contribution in [-0.2, 0) is 13.0 Å². The Morgan fingerprint density at radius 3 is 2.52 bits per heavy atom. The molecule has 1 aliphatic heterocycles. The van der Waals surface area contributed by atoms with Crippen molar-refractivity contribution in [2.45, 2.75) is 19.9 Å². The van der Waals surface area contributed by atoms with Crippen LogP contribution in [0.25, 0.3) is 21.3 Å². The van der Waals surface area contributed by atoms with E-state index in [2.05, 4.69) is 70.3 Å². The number of hydrogen-bond acceptors (Lipinski definition) is 4. The number of anilines is 1. The summed E-state index contributed by atoms with van der Waals surface area (Å²) in [7, 11) is 0. The zero-order valence-electron chi connectivity index (χ0n) is 14.9. The molecule has 2 aromatic carbocycles. The topological polar surface area (TPSA) is 29.0 Å². The summed E-state index contributed by atoms with van der Waals surface area (Å²) in [5, 5.41) is 1.43. The summed E-state index contributed by atoms with van der Waals surface area (Å²) in [5.74, 6) is 0.947. The molecule has 0 bridgehead atoms. The van der Waals surface area contributed by atoms with Crippen LogP contribution in [0.3, 0.4) is 0 Å². The van der Waals surface area contributed by atoms with Gasteiger partial charge in [-0.25, -0.2) is 4.98 Å². The van der Waals surface area contributed by atoms with Crippen molar-refractivity contribution in [1.29, 1.82) is 0 Å². The van der Waals surface area contributed by atoms with E-state index < -0.39 is 0 Å². The SMILES string of the molecule is Cc1sc2nc(Cl)nc(N3CCc4ccccc4C3)c2c1-c1ccccc1. The lowest BCUT2D eigenvalue weighted by Gasteiger charge is -2.30. The maximum absolute atomic E-state index is 6.31. The molecule has 0 fully saturated rings. The van der Waals surface area contributed by atoms with Crippen molar-refractivity contribution in [2.75, 3.05) is 11.4 Å². The van der Waals surface area contributed by atoms with Crippen LogP contribution >= 0.6 is 22.9 Å². The summed E-state index contributed by atoms with van der Waals surface area (Å²) in [6.07, 6.45) is 1.02. The van der Waals surface area contributed by atoms with E-state index in [0.717, 1.165) is 35.5 Å². The molecule has 4 aromatic rings. The molecule has 5 rings (SSSR count). The maximum Gasteiger partial charge on any atom is 0.225 e. The smallest absolute Gasteiger partial charge is 0.225 e. The maximum atomic E-state index is 6.31. The van der Waals surface area contributed by atoms with Crippen LogP contribution in [0.4, 0.5) is 5.82 Å². The van der Waals surface area contributed by atoms with Gasteiger partial charge in [-0.3, -0.25) is 0 Å². The number of fused-ring (bicyclic) bond motifs is 2. The summed E-state index contributed by atoms with van der Waals surface area (Å²) >= 11 is 8.00. The number of benzene rings is 2. The summed E-state index contributed by atoms with van der Waals surface area (Å²) in [5.41, 5.74) is 5.21. The van der Waals surface area contributed by atoms with E-state index in [1.54, 1.807) is 11.3 Å². The lowest BCUT2D eigenvalue weighted by atomic mass is 9.99. The van der Waals surface area contributed by atoms with Gasteiger partial charge in [-0.1, -0.05) is 54.6 Å². The quantitative estimate of drug-likeness (QED) is 0.399. The lowest BCUT2D eigenvalue weighted by Crippen LogP contribution is -2.31. The third-order valence-corrected chi connectivity index (χ3v) is 6.34. The van der Waals surface area contributed by atoms with Gasteiger partial charge in [-0.15, -0.1) is 11.3 Å². The second-order valence-electron chi connectivity index (χ2n) is 6.84. The van der Waals surface area contributed by atoms with Crippen molar-refractivity contribution in [1.82, 2.24) is 9.97 Å². The zero-order chi connectivity index (χ0) is 18.4. The molecule has 0 spiro atoms. The first-order chi connectivity index (χ1) is 13.2. The molecule has 0 saturated heterocycles. The highest BCUT2D eigenvalue weighted by molar-refractivity contribution is 7.19. The number of rotatable bonds is 2. The molecule has 27 heavy (non-hydrogen) atoms. The van der Waals surface area contributed by atoms with Crippen LogP contribution < -0.4 is 4.90 Å². The fourth-order valence-corrected chi connectivity index (χ4v) is 5.18. The van der Waals surface area contributed by atoms with Gasteiger partial charge in [0, 0.05) is 23.5 Å². The van der Waals surface area contributed by atoms with Gasteiger partial charge in [0.25, 0.3) is 0 Å². The number of nitrogens with zero attached hydrogens (tertiary/aromatic N) is 3. The van der Waals surface area contributed by atoms with E-state index in [1.807, 2.05) is 6.07 Å². The van der Waals surface area contributed by atoms with Crippen molar-refractivity contribution < 1.29 is 0 Å². The van der Waals surface area contributed by atoms with Crippen LogP contribution in [0, 0.1) is 6.92 Å². The molecule has 2 aromatic heterocycles. The van der Waals surface area contributed by atoms with Crippen LogP contribution in [0.15, 0.2) is 54.6 Å². The Kier molecular flexibility index (Phi) is 4.10. The Labute approximate surface area is 167 Å². The first-order valence-corrected chi connectivity index (χ1v) is 10.2. The van der Waals surface area contributed by atoms with Gasteiger partial charge >= 0.3 is 0 Å². The minimum Gasteiger partial charge on any atom is -0.351 e. The third kappa shape index (κ3) is 2.89. The second-order valence-corrected chi connectivity index (χ2v) is 8.38. The zero-order valence-corrected chi connectivity index (χ0v) is 16.5. The van der Waals surface area contributed by atoms with E-state index in [9.17, 15) is 0 Å². The molecule has 0 radical (unpaired) electrons. The number of halogens is 1. The van der Waals surface area contributed by atoms with E-state index in [-0.39, 0.29) is 0 Å². The number of hydrogen-bond donors (Lipinski definition) is 0. The summed E-state index contributed by atoms with van der Waals surface area (Å²) < 4.78 is 0. The number of thiophene rings is 1. The Morgan fingerprint density at radius 1 is 0.963 bits per heavy atom. The second kappa shape index (κ2) is 6.63. The summed E-state index contributed by atoms with van der Waals surface area (Å²) in [4.78, 5) is 13.8. The minimum absolute atomic E-state index is 0.317. The standard InChI is InChI=1S/C22H18ClN3S/c1-14-18(16-8-3-2-4-9-16)19-20(24-22(23)25-21(19)27-14)26-12-11-15-7-5-6-10-17(15)13-26/h2-10H,11-13H2,1H3. The van der Waals surface area contributed by atoms with E-state index in [1.165, 1.54) is 27.1 Å². The molecule has 3 heterocycles.